The van der Waals surface area contributed by atoms with E-state index in [2.05, 4.69) is 26.8 Å². The van der Waals surface area contributed by atoms with Crippen LogP contribution in [0.3, 0.4) is 0 Å². The summed E-state index contributed by atoms with van der Waals surface area (Å²) < 4.78 is 5.35. The average Bonchev–Trinajstić information content (AvgIpc) is 2.39. The molecule has 0 N–H and O–H groups in total. The lowest BCUT2D eigenvalue weighted by Gasteiger charge is -2.24. The normalized spacial score (nSPS) is 17.4. The first-order valence-electron chi connectivity index (χ1n) is 7.19. The van der Waals surface area contributed by atoms with E-state index >= 15 is 0 Å². The van der Waals surface area contributed by atoms with E-state index in [0.29, 0.717) is 12.3 Å². The molecule has 1 aromatic carbocycles. The highest BCUT2D eigenvalue weighted by Gasteiger charge is 2.23. The maximum atomic E-state index is 12.5. The number of Topliss-reactive ketones (excluding diaryl/α,β-unsaturated/α-hetero) is 1. The summed E-state index contributed by atoms with van der Waals surface area (Å²) in [5, 5.41) is 0. The molecule has 104 valence electrons. The average molecular weight is 260 g/mol. The Morgan fingerprint density at radius 2 is 1.84 bits per heavy atom. The van der Waals surface area contributed by atoms with Crippen LogP contribution in [-0.2, 0) is 10.2 Å². The van der Waals surface area contributed by atoms with Crippen molar-refractivity contribution in [1.82, 2.24) is 0 Å². The van der Waals surface area contributed by atoms with Crippen molar-refractivity contribution in [3.8, 4) is 0 Å². The summed E-state index contributed by atoms with van der Waals surface area (Å²) in [6, 6.07) is 8.04. The number of hydrogen-bond donors (Lipinski definition) is 0. The predicted molar refractivity (Wildman–Crippen MR) is 77.6 cm³/mol. The zero-order valence-electron chi connectivity index (χ0n) is 12.2. The van der Waals surface area contributed by atoms with Gasteiger partial charge in [0, 0.05) is 25.2 Å². The number of ether oxygens (including phenoxy) is 1. The van der Waals surface area contributed by atoms with Crippen LogP contribution in [0, 0.1) is 5.92 Å². The van der Waals surface area contributed by atoms with Crippen LogP contribution in [0.25, 0.3) is 0 Å². The van der Waals surface area contributed by atoms with Gasteiger partial charge in [0.2, 0.25) is 0 Å². The highest BCUT2D eigenvalue weighted by Crippen LogP contribution is 2.28. The van der Waals surface area contributed by atoms with Gasteiger partial charge in [-0.15, -0.1) is 0 Å². The Morgan fingerprint density at radius 1 is 1.21 bits per heavy atom. The number of hydrogen-bond acceptors (Lipinski definition) is 2. The Bertz CT molecular complexity index is 437. The molecule has 2 heteroatoms. The van der Waals surface area contributed by atoms with Crippen LogP contribution in [0.4, 0.5) is 0 Å². The van der Waals surface area contributed by atoms with Crippen LogP contribution in [0.2, 0.25) is 0 Å². The van der Waals surface area contributed by atoms with Gasteiger partial charge in [0.15, 0.2) is 5.78 Å². The Kier molecular flexibility index (Phi) is 4.41. The fourth-order valence-corrected chi connectivity index (χ4v) is 2.70. The van der Waals surface area contributed by atoms with Crippen molar-refractivity contribution in [1.29, 1.82) is 0 Å². The SMILES string of the molecule is CC(C)(C)c1ccccc1C(=O)CC1CCOCC1. The predicted octanol–water partition coefficient (Wildman–Crippen LogP) is 3.98. The van der Waals surface area contributed by atoms with Gasteiger partial charge < -0.3 is 4.74 Å². The van der Waals surface area contributed by atoms with Gasteiger partial charge in [-0.3, -0.25) is 4.79 Å². The molecule has 0 saturated carbocycles. The number of carbonyl (C=O) groups is 1. The number of carbonyl (C=O) groups excluding carboxylic acids is 1. The van der Waals surface area contributed by atoms with Gasteiger partial charge in [-0.05, 0) is 29.7 Å². The summed E-state index contributed by atoms with van der Waals surface area (Å²) in [6.45, 7) is 8.09. The molecule has 0 radical (unpaired) electrons. The molecular formula is C17H24O2. The van der Waals surface area contributed by atoms with Crippen LogP contribution in [0.5, 0.6) is 0 Å². The summed E-state index contributed by atoms with van der Waals surface area (Å²) in [5.41, 5.74) is 2.08. The van der Waals surface area contributed by atoms with Crippen molar-refractivity contribution in [2.24, 2.45) is 5.92 Å². The summed E-state index contributed by atoms with van der Waals surface area (Å²) in [6.07, 6.45) is 2.70. The van der Waals surface area contributed by atoms with E-state index in [1.807, 2.05) is 18.2 Å². The van der Waals surface area contributed by atoms with Crippen LogP contribution in [-0.4, -0.2) is 19.0 Å². The molecule has 19 heavy (non-hydrogen) atoms. The summed E-state index contributed by atoms with van der Waals surface area (Å²) in [7, 11) is 0. The van der Waals surface area contributed by atoms with Gasteiger partial charge in [0.1, 0.15) is 0 Å². The molecule has 1 heterocycles. The Balaban J connectivity index is 2.14. The number of benzene rings is 1. The van der Waals surface area contributed by atoms with Crippen LogP contribution in [0.1, 0.15) is 56.0 Å². The molecule has 0 amide bonds. The van der Waals surface area contributed by atoms with Crippen molar-refractivity contribution in [3.63, 3.8) is 0 Å². The molecule has 1 saturated heterocycles. The highest BCUT2D eigenvalue weighted by atomic mass is 16.5. The largest absolute Gasteiger partial charge is 0.381 e. The van der Waals surface area contributed by atoms with Crippen LogP contribution in [0.15, 0.2) is 24.3 Å². The standard InChI is InChI=1S/C17H24O2/c1-17(2,3)15-7-5-4-6-14(15)16(18)12-13-8-10-19-11-9-13/h4-7,13H,8-12H2,1-3H3. The zero-order chi connectivity index (χ0) is 13.9. The van der Waals surface area contributed by atoms with Crippen molar-refractivity contribution in [3.05, 3.63) is 35.4 Å². The molecule has 0 unspecified atom stereocenters. The van der Waals surface area contributed by atoms with Gasteiger partial charge in [-0.2, -0.15) is 0 Å². The monoisotopic (exact) mass is 260 g/mol. The molecule has 1 aliphatic heterocycles. The third-order valence-electron chi connectivity index (χ3n) is 3.85. The third kappa shape index (κ3) is 3.66. The van der Waals surface area contributed by atoms with Crippen LogP contribution >= 0.6 is 0 Å². The first-order valence-corrected chi connectivity index (χ1v) is 7.19. The van der Waals surface area contributed by atoms with E-state index in [9.17, 15) is 4.79 Å². The fraction of sp³-hybridized carbons (Fsp3) is 0.588. The summed E-state index contributed by atoms with van der Waals surface area (Å²) >= 11 is 0. The molecule has 1 aliphatic rings. The summed E-state index contributed by atoms with van der Waals surface area (Å²) in [5.74, 6) is 0.784. The van der Waals surface area contributed by atoms with E-state index in [4.69, 9.17) is 4.74 Å². The molecule has 0 spiro atoms. The lowest BCUT2D eigenvalue weighted by atomic mass is 9.81. The molecule has 2 nitrogen and oxygen atoms in total. The van der Waals surface area contributed by atoms with Crippen molar-refractivity contribution in [2.75, 3.05) is 13.2 Å². The molecule has 1 fully saturated rings. The molecule has 0 bridgehead atoms. The maximum absolute atomic E-state index is 12.5. The minimum absolute atomic E-state index is 0.0158. The smallest absolute Gasteiger partial charge is 0.163 e. The molecule has 0 aliphatic carbocycles. The Morgan fingerprint density at radius 3 is 2.47 bits per heavy atom. The lowest BCUT2D eigenvalue weighted by molar-refractivity contribution is 0.0600. The van der Waals surface area contributed by atoms with E-state index in [1.54, 1.807) is 0 Å². The van der Waals surface area contributed by atoms with Crippen molar-refractivity contribution >= 4 is 5.78 Å². The van der Waals surface area contributed by atoms with Gasteiger partial charge in [-0.25, -0.2) is 0 Å². The molecule has 0 atom stereocenters. The van der Waals surface area contributed by atoms with Gasteiger partial charge in [0.05, 0.1) is 0 Å². The van der Waals surface area contributed by atoms with Gasteiger partial charge in [0.25, 0.3) is 0 Å². The minimum Gasteiger partial charge on any atom is -0.381 e. The van der Waals surface area contributed by atoms with Gasteiger partial charge >= 0.3 is 0 Å². The molecular weight excluding hydrogens is 236 g/mol. The van der Waals surface area contributed by atoms with Crippen molar-refractivity contribution < 1.29 is 9.53 Å². The zero-order valence-corrected chi connectivity index (χ0v) is 12.2. The first kappa shape index (κ1) is 14.3. The fourth-order valence-electron chi connectivity index (χ4n) is 2.70. The van der Waals surface area contributed by atoms with E-state index in [1.165, 1.54) is 0 Å². The third-order valence-corrected chi connectivity index (χ3v) is 3.85. The maximum Gasteiger partial charge on any atom is 0.163 e. The van der Waals surface area contributed by atoms with Gasteiger partial charge in [-0.1, -0.05) is 45.0 Å². The van der Waals surface area contributed by atoms with E-state index in [0.717, 1.165) is 37.2 Å². The van der Waals surface area contributed by atoms with E-state index in [-0.39, 0.29) is 11.2 Å². The topological polar surface area (TPSA) is 26.3 Å². The quantitative estimate of drug-likeness (QED) is 0.768. The Hall–Kier alpha value is -1.15. The van der Waals surface area contributed by atoms with Crippen LogP contribution < -0.4 is 0 Å². The number of ketones is 1. The first-order chi connectivity index (χ1) is 8.98. The highest BCUT2D eigenvalue weighted by molar-refractivity contribution is 5.98. The molecule has 0 aromatic heterocycles. The second-order valence-corrected chi connectivity index (χ2v) is 6.48. The second-order valence-electron chi connectivity index (χ2n) is 6.48. The number of rotatable bonds is 3. The Labute approximate surface area is 116 Å². The molecule has 2 rings (SSSR count). The van der Waals surface area contributed by atoms with Crippen molar-refractivity contribution in [2.45, 2.75) is 45.4 Å². The second kappa shape index (κ2) is 5.87. The lowest BCUT2D eigenvalue weighted by Crippen LogP contribution is -2.21. The molecule has 1 aromatic rings. The summed E-state index contributed by atoms with van der Waals surface area (Å²) in [4.78, 5) is 12.5. The minimum atomic E-state index is 0.0158. The van der Waals surface area contributed by atoms with E-state index < -0.39 is 0 Å².